The second-order valence-electron chi connectivity index (χ2n) is 4.48. The molecule has 0 unspecified atom stereocenters. The third-order valence-corrected chi connectivity index (χ3v) is 2.87. The lowest BCUT2D eigenvalue weighted by Crippen LogP contribution is -2.23. The van der Waals surface area contributed by atoms with Crippen LogP contribution in [0.4, 0.5) is 11.4 Å². The molecule has 0 saturated heterocycles. The van der Waals surface area contributed by atoms with Crippen molar-refractivity contribution in [2.24, 2.45) is 0 Å². The highest BCUT2D eigenvalue weighted by Gasteiger charge is 2.15. The molecule has 2 rings (SSSR count). The van der Waals surface area contributed by atoms with Gasteiger partial charge in [0, 0.05) is 17.3 Å². The quantitative estimate of drug-likeness (QED) is 0.506. The largest absolute Gasteiger partial charge is 0.393 e. The highest BCUT2D eigenvalue weighted by molar-refractivity contribution is 5.95. The van der Waals surface area contributed by atoms with Crippen molar-refractivity contribution in [1.29, 1.82) is 0 Å². The van der Waals surface area contributed by atoms with Crippen molar-refractivity contribution in [2.45, 2.75) is 13.5 Å². The molecule has 0 atom stereocenters. The normalized spacial score (nSPS) is 10.1. The van der Waals surface area contributed by atoms with E-state index in [1.54, 1.807) is 6.07 Å². The number of hydrogen-bond donors (Lipinski definition) is 2. The number of nitrogens with one attached hydrogen (secondary N) is 1. The predicted octanol–water partition coefficient (Wildman–Crippen LogP) is 1.81. The van der Waals surface area contributed by atoms with E-state index < -0.39 is 10.8 Å². The van der Waals surface area contributed by atoms with Crippen molar-refractivity contribution in [3.63, 3.8) is 0 Å². The number of nitrogen functional groups attached to an aromatic ring is 1. The number of carbonyl (C=O) groups is 1. The van der Waals surface area contributed by atoms with E-state index in [1.165, 1.54) is 12.1 Å². The standard InChI is InChI=1S/C14H14N4O3/c1-9-3-2-4-11(17-9)8-16-14(19)10-5-6-12(15)13(7-10)18(20)21/h2-7H,8,15H2,1H3,(H,16,19). The topological polar surface area (TPSA) is 111 Å². The Morgan fingerprint density at radius 1 is 1.38 bits per heavy atom. The lowest BCUT2D eigenvalue weighted by atomic mass is 10.1. The van der Waals surface area contributed by atoms with E-state index in [0.717, 1.165) is 11.8 Å². The number of aromatic nitrogens is 1. The Kier molecular flexibility index (Phi) is 4.13. The van der Waals surface area contributed by atoms with Crippen LogP contribution < -0.4 is 11.1 Å². The second-order valence-corrected chi connectivity index (χ2v) is 4.48. The van der Waals surface area contributed by atoms with Crippen LogP contribution in [0.3, 0.4) is 0 Å². The first-order valence-electron chi connectivity index (χ1n) is 6.22. The summed E-state index contributed by atoms with van der Waals surface area (Å²) >= 11 is 0. The SMILES string of the molecule is Cc1cccc(CNC(=O)c2ccc(N)c([N+](=O)[O-])c2)n1. The van der Waals surface area contributed by atoms with Gasteiger partial charge in [0.15, 0.2) is 0 Å². The van der Waals surface area contributed by atoms with Gasteiger partial charge in [-0.15, -0.1) is 0 Å². The minimum atomic E-state index is -0.617. The molecular formula is C14H14N4O3. The van der Waals surface area contributed by atoms with Crippen LogP contribution in [-0.2, 0) is 6.54 Å². The van der Waals surface area contributed by atoms with Crippen LogP contribution in [0.15, 0.2) is 36.4 Å². The van der Waals surface area contributed by atoms with E-state index in [9.17, 15) is 14.9 Å². The summed E-state index contributed by atoms with van der Waals surface area (Å²) in [7, 11) is 0. The number of pyridine rings is 1. The van der Waals surface area contributed by atoms with E-state index in [2.05, 4.69) is 10.3 Å². The van der Waals surface area contributed by atoms with E-state index in [0.29, 0.717) is 5.69 Å². The zero-order valence-electron chi connectivity index (χ0n) is 11.4. The molecule has 0 fully saturated rings. The fraction of sp³-hybridized carbons (Fsp3) is 0.143. The first kappa shape index (κ1) is 14.4. The van der Waals surface area contributed by atoms with Gasteiger partial charge < -0.3 is 11.1 Å². The highest BCUT2D eigenvalue weighted by atomic mass is 16.6. The first-order chi connectivity index (χ1) is 9.97. The van der Waals surface area contributed by atoms with E-state index in [-0.39, 0.29) is 23.5 Å². The first-order valence-corrected chi connectivity index (χ1v) is 6.22. The number of nitro benzene ring substituents is 1. The average molecular weight is 286 g/mol. The van der Waals surface area contributed by atoms with Gasteiger partial charge in [0.2, 0.25) is 0 Å². The zero-order chi connectivity index (χ0) is 15.4. The highest BCUT2D eigenvalue weighted by Crippen LogP contribution is 2.22. The lowest BCUT2D eigenvalue weighted by Gasteiger charge is -2.06. The van der Waals surface area contributed by atoms with Crippen LogP contribution in [-0.4, -0.2) is 15.8 Å². The molecule has 0 aliphatic heterocycles. The Morgan fingerprint density at radius 3 is 2.81 bits per heavy atom. The number of nitrogens with zero attached hydrogens (tertiary/aromatic N) is 2. The van der Waals surface area contributed by atoms with Crippen LogP contribution in [0.1, 0.15) is 21.7 Å². The maximum absolute atomic E-state index is 12.0. The van der Waals surface area contributed by atoms with Gasteiger partial charge in [-0.1, -0.05) is 6.07 Å². The Hall–Kier alpha value is -2.96. The van der Waals surface area contributed by atoms with E-state index >= 15 is 0 Å². The molecule has 0 bridgehead atoms. The van der Waals surface area contributed by atoms with Gasteiger partial charge in [-0.25, -0.2) is 0 Å². The number of rotatable bonds is 4. The zero-order valence-corrected chi connectivity index (χ0v) is 11.4. The third-order valence-electron chi connectivity index (χ3n) is 2.87. The van der Waals surface area contributed by atoms with Crippen molar-refractivity contribution < 1.29 is 9.72 Å². The summed E-state index contributed by atoms with van der Waals surface area (Å²) in [6.45, 7) is 2.10. The minimum Gasteiger partial charge on any atom is -0.393 e. The summed E-state index contributed by atoms with van der Waals surface area (Å²) in [5.74, 6) is -0.415. The number of hydrogen-bond acceptors (Lipinski definition) is 5. The molecule has 108 valence electrons. The Morgan fingerprint density at radius 2 is 2.14 bits per heavy atom. The number of aryl methyl sites for hydroxylation is 1. The molecule has 1 heterocycles. The van der Waals surface area contributed by atoms with Crippen LogP contribution in [0.5, 0.6) is 0 Å². The van der Waals surface area contributed by atoms with Crippen molar-refractivity contribution in [3.8, 4) is 0 Å². The van der Waals surface area contributed by atoms with Gasteiger partial charge in [-0.05, 0) is 31.2 Å². The average Bonchev–Trinajstić information content (AvgIpc) is 2.45. The van der Waals surface area contributed by atoms with Gasteiger partial charge in [0.1, 0.15) is 5.69 Å². The van der Waals surface area contributed by atoms with Crippen LogP contribution in [0.25, 0.3) is 0 Å². The van der Waals surface area contributed by atoms with Gasteiger partial charge in [-0.3, -0.25) is 19.9 Å². The number of anilines is 1. The number of nitrogens with two attached hydrogens (primary N) is 1. The Labute approximate surface area is 121 Å². The summed E-state index contributed by atoms with van der Waals surface area (Å²) in [5.41, 5.74) is 6.98. The summed E-state index contributed by atoms with van der Waals surface area (Å²) in [5, 5.41) is 13.5. The predicted molar refractivity (Wildman–Crippen MR) is 77.7 cm³/mol. The van der Waals surface area contributed by atoms with Gasteiger partial charge in [-0.2, -0.15) is 0 Å². The Balaban J connectivity index is 2.10. The smallest absolute Gasteiger partial charge is 0.292 e. The summed E-state index contributed by atoms with van der Waals surface area (Å²) in [6.07, 6.45) is 0. The van der Waals surface area contributed by atoms with Crippen molar-refractivity contribution >= 4 is 17.3 Å². The van der Waals surface area contributed by atoms with Crippen LogP contribution in [0, 0.1) is 17.0 Å². The minimum absolute atomic E-state index is 0.0249. The Bertz CT molecular complexity index is 700. The molecule has 2 aromatic rings. The fourth-order valence-corrected chi connectivity index (χ4v) is 1.81. The molecule has 0 aliphatic rings. The lowest BCUT2D eigenvalue weighted by molar-refractivity contribution is -0.383. The van der Waals surface area contributed by atoms with Gasteiger partial charge in [0.05, 0.1) is 17.2 Å². The van der Waals surface area contributed by atoms with Crippen molar-refractivity contribution in [1.82, 2.24) is 10.3 Å². The monoisotopic (exact) mass is 286 g/mol. The molecule has 1 aromatic heterocycles. The molecule has 7 nitrogen and oxygen atoms in total. The van der Waals surface area contributed by atoms with Crippen molar-refractivity contribution in [2.75, 3.05) is 5.73 Å². The van der Waals surface area contributed by atoms with Crippen LogP contribution in [0.2, 0.25) is 0 Å². The van der Waals surface area contributed by atoms with Crippen molar-refractivity contribution in [3.05, 3.63) is 63.5 Å². The molecule has 0 radical (unpaired) electrons. The molecule has 21 heavy (non-hydrogen) atoms. The molecular weight excluding hydrogens is 272 g/mol. The van der Waals surface area contributed by atoms with E-state index in [1.807, 2.05) is 19.1 Å². The number of amides is 1. The molecule has 1 aromatic carbocycles. The second kappa shape index (κ2) is 6.00. The maximum Gasteiger partial charge on any atom is 0.292 e. The molecule has 3 N–H and O–H groups in total. The molecule has 0 saturated carbocycles. The fourth-order valence-electron chi connectivity index (χ4n) is 1.81. The molecule has 0 spiro atoms. The summed E-state index contributed by atoms with van der Waals surface area (Å²) < 4.78 is 0. The summed E-state index contributed by atoms with van der Waals surface area (Å²) in [4.78, 5) is 26.4. The van der Waals surface area contributed by atoms with Gasteiger partial charge >= 0.3 is 0 Å². The van der Waals surface area contributed by atoms with Crippen LogP contribution >= 0.6 is 0 Å². The molecule has 7 heteroatoms. The molecule has 1 amide bonds. The number of nitro groups is 1. The third kappa shape index (κ3) is 3.53. The van der Waals surface area contributed by atoms with Gasteiger partial charge in [0.25, 0.3) is 11.6 Å². The maximum atomic E-state index is 12.0. The van der Waals surface area contributed by atoms with E-state index in [4.69, 9.17) is 5.73 Å². The summed E-state index contributed by atoms with van der Waals surface area (Å²) in [6, 6.07) is 9.44. The number of carbonyl (C=O) groups excluding carboxylic acids is 1. The number of benzene rings is 1. The molecule has 0 aliphatic carbocycles.